The number of nitrogens with one attached hydrogen (secondary N) is 1. The summed E-state index contributed by atoms with van der Waals surface area (Å²) in [5.41, 5.74) is 0.241. The van der Waals surface area contributed by atoms with Gasteiger partial charge in [-0.05, 0) is 50.3 Å². The minimum Gasteiger partial charge on any atom is -0.492 e. The van der Waals surface area contributed by atoms with Crippen LogP contribution >= 0.6 is 0 Å². The summed E-state index contributed by atoms with van der Waals surface area (Å²) >= 11 is 0. The van der Waals surface area contributed by atoms with E-state index in [1.807, 2.05) is 6.92 Å². The number of carbonyl (C=O) groups excluding carboxylic acids is 2. The molecule has 29 heavy (non-hydrogen) atoms. The minimum atomic E-state index is -3.65. The molecule has 0 aromatic heterocycles. The molecule has 1 amide bonds. The number of hydrogen-bond donors (Lipinski definition) is 1. The number of anilines is 1. The molecule has 2 atom stereocenters. The highest BCUT2D eigenvalue weighted by atomic mass is 32.2. The fraction of sp³-hybridized carbons (Fsp3) is 0.600. The lowest BCUT2D eigenvalue weighted by atomic mass is 10.2. The van der Waals surface area contributed by atoms with Crippen molar-refractivity contribution in [3.63, 3.8) is 0 Å². The molecule has 160 valence electrons. The molecule has 1 aromatic rings. The van der Waals surface area contributed by atoms with E-state index in [0.717, 1.165) is 25.7 Å². The average Bonchev–Trinajstić information content (AvgIpc) is 3.45. The first-order valence-corrected chi connectivity index (χ1v) is 11.5. The van der Waals surface area contributed by atoms with Crippen LogP contribution in [0.4, 0.5) is 5.69 Å². The number of carbonyl (C=O) groups is 2. The van der Waals surface area contributed by atoms with Gasteiger partial charge in [0.1, 0.15) is 5.75 Å². The number of amides is 1. The average molecular weight is 425 g/mol. The van der Waals surface area contributed by atoms with Crippen molar-refractivity contribution in [1.29, 1.82) is 0 Å². The zero-order valence-corrected chi connectivity index (χ0v) is 17.7. The fourth-order valence-corrected chi connectivity index (χ4v) is 4.93. The lowest BCUT2D eigenvalue weighted by molar-refractivity contribution is -0.148. The predicted molar refractivity (Wildman–Crippen MR) is 107 cm³/mol. The Balaban J connectivity index is 1.72. The minimum absolute atomic E-state index is 0.0990. The zero-order valence-electron chi connectivity index (χ0n) is 16.8. The van der Waals surface area contributed by atoms with Crippen LogP contribution in [0, 0.1) is 11.8 Å². The van der Waals surface area contributed by atoms with Crippen molar-refractivity contribution in [1.82, 2.24) is 4.31 Å². The zero-order chi connectivity index (χ0) is 21.0. The van der Waals surface area contributed by atoms with E-state index < -0.39 is 22.5 Å². The Morgan fingerprint density at radius 3 is 2.52 bits per heavy atom. The summed E-state index contributed by atoms with van der Waals surface area (Å²) in [6.07, 6.45) is 3.48. The van der Waals surface area contributed by atoms with Gasteiger partial charge in [0.05, 0.1) is 23.1 Å². The molecule has 0 radical (unpaired) electrons. The molecule has 1 aliphatic heterocycles. The van der Waals surface area contributed by atoms with E-state index in [1.54, 1.807) is 6.92 Å². The molecule has 2 aliphatic rings. The number of piperidine rings is 1. The van der Waals surface area contributed by atoms with E-state index in [2.05, 4.69) is 5.32 Å². The highest BCUT2D eigenvalue weighted by Crippen LogP contribution is 2.38. The van der Waals surface area contributed by atoms with Crippen LogP contribution in [0.5, 0.6) is 5.75 Å². The molecular formula is C20H28N2O6S. The van der Waals surface area contributed by atoms with Gasteiger partial charge < -0.3 is 14.8 Å². The summed E-state index contributed by atoms with van der Waals surface area (Å²) in [4.78, 5) is 24.1. The lowest BCUT2D eigenvalue weighted by Crippen LogP contribution is -2.35. The lowest BCUT2D eigenvalue weighted by Gasteiger charge is -2.26. The highest BCUT2D eigenvalue weighted by Gasteiger charge is 2.40. The molecule has 1 saturated heterocycles. The van der Waals surface area contributed by atoms with Gasteiger partial charge in [0.25, 0.3) is 5.91 Å². The van der Waals surface area contributed by atoms with Gasteiger partial charge >= 0.3 is 5.97 Å². The van der Waals surface area contributed by atoms with Crippen LogP contribution in [0.15, 0.2) is 23.1 Å². The monoisotopic (exact) mass is 424 g/mol. The van der Waals surface area contributed by atoms with Gasteiger partial charge in [-0.1, -0.05) is 13.3 Å². The maximum Gasteiger partial charge on any atom is 0.309 e. The van der Waals surface area contributed by atoms with Crippen molar-refractivity contribution in [3.05, 3.63) is 18.2 Å². The van der Waals surface area contributed by atoms with Crippen LogP contribution in [-0.2, 0) is 24.3 Å². The van der Waals surface area contributed by atoms with Crippen LogP contribution in [0.3, 0.4) is 0 Å². The number of nitrogens with zero attached hydrogens (tertiary/aromatic N) is 1. The van der Waals surface area contributed by atoms with Gasteiger partial charge in [0.15, 0.2) is 6.61 Å². The van der Waals surface area contributed by atoms with Gasteiger partial charge in [0, 0.05) is 13.1 Å². The second-order valence-electron chi connectivity index (χ2n) is 7.53. The predicted octanol–water partition coefficient (Wildman–Crippen LogP) is 2.40. The third-order valence-corrected chi connectivity index (χ3v) is 7.13. The van der Waals surface area contributed by atoms with Crippen LogP contribution < -0.4 is 10.1 Å². The van der Waals surface area contributed by atoms with E-state index in [4.69, 9.17) is 9.47 Å². The summed E-state index contributed by atoms with van der Waals surface area (Å²) in [6.45, 7) is 4.67. The van der Waals surface area contributed by atoms with Gasteiger partial charge in [-0.25, -0.2) is 8.42 Å². The van der Waals surface area contributed by atoms with Crippen LogP contribution in [0.2, 0.25) is 0 Å². The van der Waals surface area contributed by atoms with E-state index in [0.29, 0.717) is 31.4 Å². The first-order valence-electron chi connectivity index (χ1n) is 10.1. The molecule has 3 rings (SSSR count). The molecule has 2 fully saturated rings. The van der Waals surface area contributed by atoms with Crippen molar-refractivity contribution >= 4 is 27.6 Å². The normalized spacial score (nSPS) is 22.0. The van der Waals surface area contributed by atoms with Gasteiger partial charge in [-0.15, -0.1) is 0 Å². The summed E-state index contributed by atoms with van der Waals surface area (Å²) < 4.78 is 37.9. The Hall–Kier alpha value is -2.13. The SMILES string of the molecule is CCOc1ccc(S(=O)(=O)N2CCCCC2)cc1NC(=O)COC(=O)[C@H]1C[C@H]1C. The van der Waals surface area contributed by atoms with Crippen LogP contribution in [-0.4, -0.2) is 50.9 Å². The fourth-order valence-electron chi connectivity index (χ4n) is 3.38. The van der Waals surface area contributed by atoms with E-state index >= 15 is 0 Å². The number of ether oxygens (including phenoxy) is 2. The van der Waals surface area contributed by atoms with E-state index in [9.17, 15) is 18.0 Å². The molecule has 1 N–H and O–H groups in total. The molecule has 1 aromatic carbocycles. The first kappa shape index (κ1) is 21.6. The molecule has 9 heteroatoms. The van der Waals surface area contributed by atoms with E-state index in [-0.39, 0.29) is 22.5 Å². The van der Waals surface area contributed by atoms with Crippen LogP contribution in [0.25, 0.3) is 0 Å². The smallest absolute Gasteiger partial charge is 0.309 e. The summed E-state index contributed by atoms with van der Waals surface area (Å²) in [5.74, 6) is -0.383. The number of sulfonamides is 1. The largest absolute Gasteiger partial charge is 0.492 e. The second kappa shape index (κ2) is 9.13. The molecule has 0 unspecified atom stereocenters. The van der Waals surface area contributed by atoms with Crippen molar-refractivity contribution in [2.45, 2.75) is 44.4 Å². The molecule has 1 heterocycles. The molecule has 1 aliphatic carbocycles. The third-order valence-electron chi connectivity index (χ3n) is 5.24. The van der Waals surface area contributed by atoms with Gasteiger partial charge in [0.2, 0.25) is 10.0 Å². The number of hydrogen-bond acceptors (Lipinski definition) is 6. The molecular weight excluding hydrogens is 396 g/mol. The highest BCUT2D eigenvalue weighted by molar-refractivity contribution is 7.89. The number of benzene rings is 1. The van der Waals surface area contributed by atoms with Gasteiger partial charge in [-0.2, -0.15) is 4.31 Å². The molecule has 8 nitrogen and oxygen atoms in total. The summed E-state index contributed by atoms with van der Waals surface area (Å²) in [5, 5.41) is 2.61. The van der Waals surface area contributed by atoms with Crippen molar-refractivity contribution in [3.8, 4) is 5.75 Å². The number of rotatable bonds is 8. The number of esters is 1. The Labute approximate surface area is 171 Å². The van der Waals surface area contributed by atoms with Crippen molar-refractivity contribution in [2.24, 2.45) is 11.8 Å². The molecule has 0 spiro atoms. The quantitative estimate of drug-likeness (QED) is 0.643. The van der Waals surface area contributed by atoms with Crippen LogP contribution in [0.1, 0.15) is 39.5 Å². The van der Waals surface area contributed by atoms with E-state index in [1.165, 1.54) is 22.5 Å². The Morgan fingerprint density at radius 2 is 1.90 bits per heavy atom. The molecule has 1 saturated carbocycles. The maximum atomic E-state index is 12.9. The summed E-state index contributed by atoms with van der Waals surface area (Å²) in [6, 6.07) is 4.42. The summed E-state index contributed by atoms with van der Waals surface area (Å²) in [7, 11) is -3.65. The van der Waals surface area contributed by atoms with Gasteiger partial charge in [-0.3, -0.25) is 9.59 Å². The van der Waals surface area contributed by atoms with Crippen molar-refractivity contribution < 1.29 is 27.5 Å². The maximum absolute atomic E-state index is 12.9. The Kier molecular flexibility index (Phi) is 6.79. The first-order chi connectivity index (χ1) is 13.8. The topological polar surface area (TPSA) is 102 Å². The second-order valence-corrected chi connectivity index (χ2v) is 9.47. The van der Waals surface area contributed by atoms with Crippen molar-refractivity contribution in [2.75, 3.05) is 31.6 Å². The standard InChI is InChI=1S/C20H28N2O6S/c1-3-27-18-8-7-15(29(25,26)22-9-5-4-6-10-22)12-17(18)21-19(23)13-28-20(24)16-11-14(16)2/h7-8,12,14,16H,3-6,9-11,13H2,1-2H3,(H,21,23)/t14-,16+/m1/s1. The Morgan fingerprint density at radius 1 is 1.21 bits per heavy atom. The molecule has 0 bridgehead atoms. The third kappa shape index (κ3) is 5.27. The Bertz CT molecular complexity index is 864.